The number of nitrogens with two attached hydrogens (primary N) is 1. The number of hydrogen-bond acceptors (Lipinski definition) is 3. The van der Waals surface area contributed by atoms with E-state index in [1.54, 1.807) is 0 Å². The largest absolute Gasteiger partial charge is 0.496 e. The van der Waals surface area contributed by atoms with E-state index in [1.165, 1.54) is 12.8 Å². The van der Waals surface area contributed by atoms with Crippen molar-refractivity contribution in [2.24, 2.45) is 23.5 Å². The lowest BCUT2D eigenvalue weighted by atomic mass is 9.92. The van der Waals surface area contributed by atoms with Gasteiger partial charge in [0.15, 0.2) is 0 Å². The van der Waals surface area contributed by atoms with Gasteiger partial charge >= 0.3 is 0 Å². The standard InChI is InChI=1S/C12H20N2O/c1-7-4-8(7)5-9-6-15-10-2-3-11(13)14-12(9)10/h2,7-9,11-12,14H,3-6,13H2,1H3. The molecule has 3 heteroatoms. The van der Waals surface area contributed by atoms with Crippen LogP contribution < -0.4 is 11.1 Å². The first-order valence-corrected chi connectivity index (χ1v) is 6.08. The molecule has 0 radical (unpaired) electrons. The van der Waals surface area contributed by atoms with Crippen molar-refractivity contribution in [3.8, 4) is 0 Å². The van der Waals surface area contributed by atoms with E-state index in [-0.39, 0.29) is 6.17 Å². The summed E-state index contributed by atoms with van der Waals surface area (Å²) >= 11 is 0. The van der Waals surface area contributed by atoms with E-state index in [1.807, 2.05) is 0 Å². The molecule has 1 aliphatic carbocycles. The van der Waals surface area contributed by atoms with Gasteiger partial charge in [0.05, 0.1) is 18.8 Å². The van der Waals surface area contributed by atoms with Gasteiger partial charge in [-0.3, -0.25) is 5.32 Å². The zero-order chi connectivity index (χ0) is 10.4. The lowest BCUT2D eigenvalue weighted by Crippen LogP contribution is -2.48. The first-order chi connectivity index (χ1) is 7.24. The Morgan fingerprint density at radius 2 is 2.33 bits per heavy atom. The van der Waals surface area contributed by atoms with Crippen molar-refractivity contribution in [2.75, 3.05) is 6.61 Å². The highest BCUT2D eigenvalue weighted by molar-refractivity contribution is 5.15. The molecule has 3 nitrogen and oxygen atoms in total. The smallest absolute Gasteiger partial charge is 0.109 e. The molecule has 1 saturated carbocycles. The Bertz CT molecular complexity index is 289. The summed E-state index contributed by atoms with van der Waals surface area (Å²) in [6.07, 6.45) is 5.91. The van der Waals surface area contributed by atoms with Gasteiger partial charge in [0.25, 0.3) is 0 Å². The fourth-order valence-corrected chi connectivity index (χ4v) is 2.89. The molecule has 0 spiro atoms. The molecule has 0 bridgehead atoms. The molecule has 0 aromatic carbocycles. The quantitative estimate of drug-likeness (QED) is 0.717. The van der Waals surface area contributed by atoms with Crippen molar-refractivity contribution in [1.29, 1.82) is 0 Å². The predicted molar refractivity (Wildman–Crippen MR) is 58.9 cm³/mol. The molecule has 2 aliphatic heterocycles. The molecule has 3 aliphatic rings. The van der Waals surface area contributed by atoms with Crippen LogP contribution in [0.1, 0.15) is 26.2 Å². The lowest BCUT2D eigenvalue weighted by molar-refractivity contribution is 0.233. The highest BCUT2D eigenvalue weighted by Crippen LogP contribution is 2.45. The maximum absolute atomic E-state index is 5.92. The van der Waals surface area contributed by atoms with E-state index in [0.29, 0.717) is 12.0 Å². The molecule has 0 amide bonds. The summed E-state index contributed by atoms with van der Waals surface area (Å²) in [5, 5.41) is 3.46. The van der Waals surface area contributed by atoms with Crippen molar-refractivity contribution in [3.05, 3.63) is 11.8 Å². The molecule has 2 fully saturated rings. The van der Waals surface area contributed by atoms with Gasteiger partial charge in [-0.2, -0.15) is 0 Å². The van der Waals surface area contributed by atoms with E-state index in [2.05, 4.69) is 18.3 Å². The highest BCUT2D eigenvalue weighted by atomic mass is 16.5. The van der Waals surface area contributed by atoms with Gasteiger partial charge < -0.3 is 10.5 Å². The third-order valence-electron chi connectivity index (χ3n) is 4.09. The van der Waals surface area contributed by atoms with Crippen molar-refractivity contribution in [3.63, 3.8) is 0 Å². The molecular formula is C12H20N2O. The number of nitrogens with one attached hydrogen (secondary N) is 1. The normalized spacial score (nSPS) is 48.1. The molecule has 3 rings (SSSR count). The summed E-state index contributed by atoms with van der Waals surface area (Å²) in [7, 11) is 0. The number of rotatable bonds is 2. The van der Waals surface area contributed by atoms with Gasteiger partial charge in [-0.05, 0) is 37.2 Å². The zero-order valence-corrected chi connectivity index (χ0v) is 9.28. The van der Waals surface area contributed by atoms with E-state index in [4.69, 9.17) is 10.5 Å². The Balaban J connectivity index is 1.65. The van der Waals surface area contributed by atoms with Crippen molar-refractivity contribution in [1.82, 2.24) is 5.32 Å². The van der Waals surface area contributed by atoms with E-state index < -0.39 is 0 Å². The summed E-state index contributed by atoms with van der Waals surface area (Å²) in [5.74, 6) is 3.68. The van der Waals surface area contributed by atoms with Crippen LogP contribution in [0, 0.1) is 17.8 Å². The molecule has 0 aromatic rings. The van der Waals surface area contributed by atoms with Crippen LogP contribution in [0.2, 0.25) is 0 Å². The first kappa shape index (κ1) is 9.67. The van der Waals surface area contributed by atoms with Crippen LogP contribution in [0.5, 0.6) is 0 Å². The molecule has 2 heterocycles. The Morgan fingerprint density at radius 1 is 1.53 bits per heavy atom. The summed E-state index contributed by atoms with van der Waals surface area (Å²) in [4.78, 5) is 0. The Labute approximate surface area is 91.0 Å². The van der Waals surface area contributed by atoms with Gasteiger partial charge in [-0.1, -0.05) is 6.92 Å². The number of hydrogen-bond donors (Lipinski definition) is 2. The number of ether oxygens (including phenoxy) is 1. The second-order valence-electron chi connectivity index (χ2n) is 5.37. The maximum atomic E-state index is 5.92. The van der Waals surface area contributed by atoms with Gasteiger partial charge in [0.2, 0.25) is 0 Å². The molecule has 5 atom stereocenters. The average molecular weight is 208 g/mol. The molecule has 3 N–H and O–H groups in total. The Kier molecular flexibility index (Phi) is 2.25. The minimum absolute atomic E-state index is 0.125. The monoisotopic (exact) mass is 208 g/mol. The Morgan fingerprint density at radius 3 is 3.07 bits per heavy atom. The fraction of sp³-hybridized carbons (Fsp3) is 0.833. The summed E-state index contributed by atoms with van der Waals surface area (Å²) in [5.41, 5.74) is 5.92. The molecule has 15 heavy (non-hydrogen) atoms. The zero-order valence-electron chi connectivity index (χ0n) is 9.28. The van der Waals surface area contributed by atoms with Crippen LogP contribution in [0.4, 0.5) is 0 Å². The van der Waals surface area contributed by atoms with Crippen LogP contribution in [-0.2, 0) is 4.74 Å². The fourth-order valence-electron chi connectivity index (χ4n) is 2.89. The van der Waals surface area contributed by atoms with Gasteiger partial charge in [-0.25, -0.2) is 0 Å². The summed E-state index contributed by atoms with van der Waals surface area (Å²) < 4.78 is 5.72. The second kappa shape index (κ2) is 3.49. The van der Waals surface area contributed by atoms with E-state index in [9.17, 15) is 0 Å². The van der Waals surface area contributed by atoms with E-state index >= 15 is 0 Å². The average Bonchev–Trinajstić information content (AvgIpc) is 2.74. The van der Waals surface area contributed by atoms with Crippen LogP contribution in [0.15, 0.2) is 11.8 Å². The van der Waals surface area contributed by atoms with Gasteiger partial charge in [0.1, 0.15) is 5.76 Å². The molecule has 1 saturated heterocycles. The highest BCUT2D eigenvalue weighted by Gasteiger charge is 2.42. The third kappa shape index (κ3) is 1.79. The van der Waals surface area contributed by atoms with Crippen LogP contribution in [-0.4, -0.2) is 18.8 Å². The Hall–Kier alpha value is -0.540. The molecule has 84 valence electrons. The number of fused-ring (bicyclic) bond motifs is 1. The molecule has 5 unspecified atom stereocenters. The lowest BCUT2D eigenvalue weighted by Gasteiger charge is -2.26. The minimum atomic E-state index is 0.125. The second-order valence-corrected chi connectivity index (χ2v) is 5.37. The van der Waals surface area contributed by atoms with Crippen molar-refractivity contribution >= 4 is 0 Å². The van der Waals surface area contributed by atoms with Crippen LogP contribution >= 0.6 is 0 Å². The van der Waals surface area contributed by atoms with Crippen LogP contribution in [0.25, 0.3) is 0 Å². The molecular weight excluding hydrogens is 188 g/mol. The molecule has 0 aromatic heterocycles. The predicted octanol–water partition coefficient (Wildman–Crippen LogP) is 1.21. The summed E-state index contributed by atoms with van der Waals surface area (Å²) in [6.45, 7) is 3.23. The SMILES string of the molecule is CC1CC1CC1COC2=CCC(N)NC21. The van der Waals surface area contributed by atoms with Crippen LogP contribution in [0.3, 0.4) is 0 Å². The minimum Gasteiger partial charge on any atom is -0.496 e. The van der Waals surface area contributed by atoms with Gasteiger partial charge in [-0.15, -0.1) is 0 Å². The summed E-state index contributed by atoms with van der Waals surface area (Å²) in [6, 6.07) is 0.404. The van der Waals surface area contributed by atoms with Crippen molar-refractivity contribution in [2.45, 2.75) is 38.4 Å². The topological polar surface area (TPSA) is 47.3 Å². The van der Waals surface area contributed by atoms with E-state index in [0.717, 1.165) is 30.6 Å². The van der Waals surface area contributed by atoms with Gasteiger partial charge in [0, 0.05) is 5.92 Å². The third-order valence-corrected chi connectivity index (χ3v) is 4.09. The first-order valence-electron chi connectivity index (χ1n) is 6.08. The maximum Gasteiger partial charge on any atom is 0.109 e. The van der Waals surface area contributed by atoms with Crippen molar-refractivity contribution < 1.29 is 4.74 Å².